The fourth-order valence-corrected chi connectivity index (χ4v) is 2.72. The minimum atomic E-state index is 0.0197. The van der Waals surface area contributed by atoms with E-state index in [9.17, 15) is 4.79 Å². The van der Waals surface area contributed by atoms with Crippen LogP contribution in [0.1, 0.15) is 44.1 Å². The summed E-state index contributed by atoms with van der Waals surface area (Å²) < 4.78 is 5.51. The third-order valence-electron chi connectivity index (χ3n) is 4.11. The van der Waals surface area contributed by atoms with Crippen molar-refractivity contribution in [1.82, 2.24) is 4.90 Å². The second-order valence-electron chi connectivity index (χ2n) is 5.57. The number of benzene rings is 1. The summed E-state index contributed by atoms with van der Waals surface area (Å²) in [5.74, 6) is 0.642. The second kappa shape index (κ2) is 7.68. The average Bonchev–Trinajstić information content (AvgIpc) is 2.81. The van der Waals surface area contributed by atoms with Gasteiger partial charge in [0.05, 0.1) is 11.6 Å². The van der Waals surface area contributed by atoms with Crippen LogP contribution < -0.4 is 4.74 Å². The summed E-state index contributed by atoms with van der Waals surface area (Å²) >= 11 is 0. The van der Waals surface area contributed by atoms with E-state index in [4.69, 9.17) is 10.00 Å². The Bertz CT molecular complexity index is 497. The van der Waals surface area contributed by atoms with Crippen LogP contribution in [0.25, 0.3) is 0 Å². The Morgan fingerprint density at radius 1 is 1.24 bits per heavy atom. The Kier molecular flexibility index (Phi) is 5.62. The lowest BCUT2D eigenvalue weighted by Gasteiger charge is -2.27. The van der Waals surface area contributed by atoms with Gasteiger partial charge in [-0.2, -0.15) is 5.26 Å². The van der Waals surface area contributed by atoms with E-state index in [-0.39, 0.29) is 12.5 Å². The third kappa shape index (κ3) is 4.49. The van der Waals surface area contributed by atoms with Gasteiger partial charge in [-0.15, -0.1) is 0 Å². The Labute approximate surface area is 126 Å². The largest absolute Gasteiger partial charge is 0.484 e. The lowest BCUT2D eigenvalue weighted by Crippen LogP contribution is -2.39. The normalized spacial score (nSPS) is 15.8. The Morgan fingerprint density at radius 3 is 2.43 bits per heavy atom. The highest BCUT2D eigenvalue weighted by Gasteiger charge is 2.21. The molecule has 1 amide bonds. The first-order valence-electron chi connectivity index (χ1n) is 7.59. The number of carbonyl (C=O) groups excluding carboxylic acids is 1. The first-order chi connectivity index (χ1) is 10.2. The van der Waals surface area contributed by atoms with Crippen LogP contribution in [0.3, 0.4) is 0 Å². The molecule has 2 rings (SSSR count). The van der Waals surface area contributed by atoms with E-state index in [1.54, 1.807) is 24.3 Å². The number of ether oxygens (including phenoxy) is 1. The van der Waals surface area contributed by atoms with Gasteiger partial charge in [-0.25, -0.2) is 0 Å². The maximum Gasteiger partial charge on any atom is 0.260 e. The van der Waals surface area contributed by atoms with E-state index in [1.165, 1.54) is 25.7 Å². The van der Waals surface area contributed by atoms with Gasteiger partial charge in [0.1, 0.15) is 5.75 Å². The zero-order chi connectivity index (χ0) is 15.1. The van der Waals surface area contributed by atoms with Crippen molar-refractivity contribution in [2.45, 2.75) is 44.6 Å². The molecular weight excluding hydrogens is 264 g/mol. The summed E-state index contributed by atoms with van der Waals surface area (Å²) in [6, 6.07) is 9.22. The van der Waals surface area contributed by atoms with Crippen LogP contribution in [0.4, 0.5) is 0 Å². The molecule has 21 heavy (non-hydrogen) atoms. The molecule has 1 saturated carbocycles. The van der Waals surface area contributed by atoms with Crippen LogP contribution >= 0.6 is 0 Å². The first-order valence-corrected chi connectivity index (χ1v) is 7.59. The molecular formula is C17H22N2O2. The fraction of sp³-hybridized carbons (Fsp3) is 0.529. The number of likely N-dealkylation sites (N-methyl/N-ethyl adjacent to an activating group) is 1. The summed E-state index contributed by atoms with van der Waals surface area (Å²) in [5, 5.41) is 8.73. The molecule has 0 radical (unpaired) electrons. The Balaban J connectivity index is 1.83. The summed E-state index contributed by atoms with van der Waals surface area (Å²) in [6.45, 7) is 0.0545. The minimum Gasteiger partial charge on any atom is -0.484 e. The number of hydrogen-bond donors (Lipinski definition) is 0. The Hall–Kier alpha value is -2.02. The summed E-state index contributed by atoms with van der Waals surface area (Å²) in [6.07, 6.45) is 7.16. The van der Waals surface area contributed by atoms with E-state index >= 15 is 0 Å². The third-order valence-corrected chi connectivity index (χ3v) is 4.11. The predicted molar refractivity (Wildman–Crippen MR) is 80.9 cm³/mol. The van der Waals surface area contributed by atoms with Gasteiger partial charge in [0.25, 0.3) is 5.91 Å². The van der Waals surface area contributed by atoms with Gasteiger partial charge in [-0.1, -0.05) is 25.7 Å². The molecule has 1 fully saturated rings. The van der Waals surface area contributed by atoms with Crippen LogP contribution in [0, 0.1) is 11.3 Å². The van der Waals surface area contributed by atoms with Gasteiger partial charge < -0.3 is 9.64 Å². The summed E-state index contributed by atoms with van der Waals surface area (Å²) in [5.41, 5.74) is 0.587. The molecule has 4 nitrogen and oxygen atoms in total. The topological polar surface area (TPSA) is 53.3 Å². The first kappa shape index (κ1) is 15.4. The van der Waals surface area contributed by atoms with E-state index in [2.05, 4.69) is 6.07 Å². The van der Waals surface area contributed by atoms with Crippen molar-refractivity contribution in [3.8, 4) is 11.8 Å². The number of rotatable bonds is 4. The SMILES string of the molecule is CN(C(=O)COc1ccc(C#N)cc1)C1CCCCCC1. The molecule has 0 heterocycles. The lowest BCUT2D eigenvalue weighted by molar-refractivity contribution is -0.134. The second-order valence-corrected chi connectivity index (χ2v) is 5.57. The van der Waals surface area contributed by atoms with E-state index in [1.807, 2.05) is 11.9 Å². The molecule has 0 aromatic heterocycles. The molecule has 0 bridgehead atoms. The highest BCUT2D eigenvalue weighted by Crippen LogP contribution is 2.21. The van der Waals surface area contributed by atoms with Crippen molar-refractivity contribution in [3.05, 3.63) is 29.8 Å². The van der Waals surface area contributed by atoms with Crippen molar-refractivity contribution in [1.29, 1.82) is 5.26 Å². The number of carbonyl (C=O) groups is 1. The zero-order valence-corrected chi connectivity index (χ0v) is 12.5. The number of nitrogens with zero attached hydrogens (tertiary/aromatic N) is 2. The standard InChI is InChI=1S/C17H22N2O2/c1-19(15-6-4-2-3-5-7-15)17(20)13-21-16-10-8-14(12-18)9-11-16/h8-11,15H,2-7,13H2,1H3. The molecule has 1 aromatic rings. The van der Waals surface area contributed by atoms with Gasteiger partial charge in [0.15, 0.2) is 6.61 Å². The quantitative estimate of drug-likeness (QED) is 0.799. The van der Waals surface area contributed by atoms with Crippen molar-refractivity contribution < 1.29 is 9.53 Å². The van der Waals surface area contributed by atoms with Crippen LogP contribution in [0.2, 0.25) is 0 Å². The number of nitriles is 1. The molecule has 1 aliphatic carbocycles. The molecule has 1 aliphatic rings. The van der Waals surface area contributed by atoms with Crippen molar-refractivity contribution in [3.63, 3.8) is 0 Å². The van der Waals surface area contributed by atoms with Crippen molar-refractivity contribution in [2.75, 3.05) is 13.7 Å². The average molecular weight is 286 g/mol. The Morgan fingerprint density at radius 2 is 1.86 bits per heavy atom. The maximum absolute atomic E-state index is 12.2. The molecule has 1 aromatic carbocycles. The van der Waals surface area contributed by atoms with E-state index in [0.29, 0.717) is 17.4 Å². The molecule has 0 unspecified atom stereocenters. The molecule has 4 heteroatoms. The van der Waals surface area contributed by atoms with Crippen LogP contribution in [0.15, 0.2) is 24.3 Å². The van der Waals surface area contributed by atoms with Gasteiger partial charge in [-0.05, 0) is 37.1 Å². The van der Waals surface area contributed by atoms with Gasteiger partial charge in [0, 0.05) is 13.1 Å². The molecule has 0 N–H and O–H groups in total. The molecule has 0 aliphatic heterocycles. The number of amides is 1. The van der Waals surface area contributed by atoms with Crippen LogP contribution in [-0.4, -0.2) is 30.5 Å². The molecule has 0 spiro atoms. The molecule has 0 atom stereocenters. The van der Waals surface area contributed by atoms with E-state index in [0.717, 1.165) is 12.8 Å². The summed E-state index contributed by atoms with van der Waals surface area (Å²) in [4.78, 5) is 14.0. The maximum atomic E-state index is 12.2. The molecule has 112 valence electrons. The minimum absolute atomic E-state index is 0.0197. The van der Waals surface area contributed by atoms with E-state index < -0.39 is 0 Å². The highest BCUT2D eigenvalue weighted by atomic mass is 16.5. The monoisotopic (exact) mass is 286 g/mol. The highest BCUT2D eigenvalue weighted by molar-refractivity contribution is 5.77. The van der Waals surface area contributed by atoms with Gasteiger partial charge >= 0.3 is 0 Å². The predicted octanol–water partition coefficient (Wildman–Crippen LogP) is 3.12. The van der Waals surface area contributed by atoms with Crippen molar-refractivity contribution in [2.24, 2.45) is 0 Å². The van der Waals surface area contributed by atoms with Gasteiger partial charge in [-0.3, -0.25) is 4.79 Å². The number of hydrogen-bond acceptors (Lipinski definition) is 3. The van der Waals surface area contributed by atoms with Crippen LogP contribution in [-0.2, 0) is 4.79 Å². The fourth-order valence-electron chi connectivity index (χ4n) is 2.72. The zero-order valence-electron chi connectivity index (χ0n) is 12.5. The van der Waals surface area contributed by atoms with Crippen LogP contribution in [0.5, 0.6) is 5.75 Å². The molecule has 0 saturated heterocycles. The van der Waals surface area contributed by atoms with Crippen molar-refractivity contribution >= 4 is 5.91 Å². The smallest absolute Gasteiger partial charge is 0.260 e. The van der Waals surface area contributed by atoms with Gasteiger partial charge in [0.2, 0.25) is 0 Å². The summed E-state index contributed by atoms with van der Waals surface area (Å²) in [7, 11) is 1.88. The lowest BCUT2D eigenvalue weighted by atomic mass is 10.1.